The van der Waals surface area contributed by atoms with Crippen molar-refractivity contribution in [2.24, 2.45) is 0 Å². The Morgan fingerprint density at radius 3 is 2.27 bits per heavy atom. The van der Waals surface area contributed by atoms with E-state index in [9.17, 15) is 4.79 Å². The largest absolute Gasteiger partial charge is 0.454 e. The first-order chi connectivity index (χ1) is 19.7. The van der Waals surface area contributed by atoms with Gasteiger partial charge in [0.25, 0.3) is 0 Å². The van der Waals surface area contributed by atoms with Crippen LogP contribution in [0.4, 0.5) is 0 Å². The summed E-state index contributed by atoms with van der Waals surface area (Å²) in [6, 6.07) is 35.6. The van der Waals surface area contributed by atoms with Crippen LogP contribution in [0.15, 0.2) is 103 Å². The summed E-state index contributed by atoms with van der Waals surface area (Å²) in [5, 5.41) is 6.91. The van der Waals surface area contributed by atoms with Crippen molar-refractivity contribution in [1.82, 2.24) is 15.5 Å². The molecule has 6 nitrogen and oxygen atoms in total. The Kier molecular flexibility index (Phi) is 8.07. The second-order valence-electron chi connectivity index (χ2n) is 10.5. The number of likely N-dealkylation sites (tertiary alicyclic amines) is 1. The maximum absolute atomic E-state index is 13.4. The first kappa shape index (κ1) is 26.1. The number of hydrogen-bond acceptors (Lipinski definition) is 5. The van der Waals surface area contributed by atoms with E-state index in [-0.39, 0.29) is 24.8 Å². The molecule has 2 atom stereocenters. The third-order valence-electron chi connectivity index (χ3n) is 7.74. The molecule has 0 saturated carbocycles. The normalized spacial score (nSPS) is 18.1. The number of carbonyl (C=O) groups is 1. The Hall–Kier alpha value is -4.13. The summed E-state index contributed by atoms with van der Waals surface area (Å²) >= 11 is 0. The van der Waals surface area contributed by atoms with Crippen LogP contribution in [0.25, 0.3) is 11.1 Å². The van der Waals surface area contributed by atoms with Crippen LogP contribution in [-0.4, -0.2) is 42.8 Å². The summed E-state index contributed by atoms with van der Waals surface area (Å²) < 4.78 is 10.9. The summed E-state index contributed by atoms with van der Waals surface area (Å²) in [5.41, 5.74) is 6.03. The molecule has 0 unspecified atom stereocenters. The van der Waals surface area contributed by atoms with Gasteiger partial charge in [-0.05, 0) is 52.8 Å². The molecule has 0 bridgehead atoms. The first-order valence-electron chi connectivity index (χ1n) is 14.0. The maximum Gasteiger partial charge on any atom is 0.237 e. The highest BCUT2D eigenvalue weighted by Gasteiger charge is 2.36. The predicted octanol–water partition coefficient (Wildman–Crippen LogP) is 5.17. The van der Waals surface area contributed by atoms with E-state index in [2.05, 4.69) is 88.3 Å². The standard InChI is InChI=1S/C34H35N3O3/c38-34(35-18-17-25-13-16-32-33(19-25)40-24-39-32)31-20-30(23-37(31)22-27-7-3-1-4-8-27)36-21-26-11-14-29(15-12-26)28-9-5-2-6-10-28/h1-16,19,30-31,36H,17-18,20-24H2,(H,35,38)/t30-,31+/m1/s1. The van der Waals surface area contributed by atoms with Gasteiger partial charge in [-0.1, -0.05) is 91.0 Å². The van der Waals surface area contributed by atoms with Gasteiger partial charge in [-0.3, -0.25) is 9.69 Å². The number of benzene rings is 4. The Balaban J connectivity index is 1.06. The molecule has 2 aliphatic rings. The minimum Gasteiger partial charge on any atom is -0.454 e. The summed E-state index contributed by atoms with van der Waals surface area (Å²) in [6.45, 7) is 3.21. The number of amides is 1. The molecular weight excluding hydrogens is 498 g/mol. The molecule has 0 aromatic heterocycles. The van der Waals surface area contributed by atoms with Crippen LogP contribution in [0.2, 0.25) is 0 Å². The number of hydrogen-bond donors (Lipinski definition) is 2. The molecule has 0 aliphatic carbocycles. The van der Waals surface area contributed by atoms with E-state index in [1.165, 1.54) is 22.3 Å². The third-order valence-corrected chi connectivity index (χ3v) is 7.74. The van der Waals surface area contributed by atoms with Gasteiger partial charge in [-0.15, -0.1) is 0 Å². The fraction of sp³-hybridized carbons (Fsp3) is 0.265. The molecule has 204 valence electrons. The van der Waals surface area contributed by atoms with E-state index in [4.69, 9.17) is 9.47 Å². The molecule has 4 aromatic rings. The highest BCUT2D eigenvalue weighted by molar-refractivity contribution is 5.82. The van der Waals surface area contributed by atoms with Crippen molar-refractivity contribution in [2.45, 2.75) is 38.0 Å². The summed E-state index contributed by atoms with van der Waals surface area (Å²) in [6.07, 6.45) is 1.53. The quantitative estimate of drug-likeness (QED) is 0.294. The molecule has 4 aromatic carbocycles. The molecule has 0 radical (unpaired) electrons. The highest BCUT2D eigenvalue weighted by Crippen LogP contribution is 2.32. The molecule has 2 N–H and O–H groups in total. The van der Waals surface area contributed by atoms with Crippen molar-refractivity contribution in [3.63, 3.8) is 0 Å². The minimum atomic E-state index is -0.171. The highest BCUT2D eigenvalue weighted by atomic mass is 16.7. The minimum absolute atomic E-state index is 0.0909. The van der Waals surface area contributed by atoms with Crippen LogP contribution in [0, 0.1) is 0 Å². The lowest BCUT2D eigenvalue weighted by Gasteiger charge is -2.23. The van der Waals surface area contributed by atoms with Gasteiger partial charge in [0.2, 0.25) is 12.7 Å². The van der Waals surface area contributed by atoms with Crippen LogP contribution < -0.4 is 20.1 Å². The van der Waals surface area contributed by atoms with Crippen molar-refractivity contribution >= 4 is 5.91 Å². The zero-order valence-corrected chi connectivity index (χ0v) is 22.6. The van der Waals surface area contributed by atoms with Gasteiger partial charge >= 0.3 is 0 Å². The number of nitrogens with zero attached hydrogens (tertiary/aromatic N) is 1. The van der Waals surface area contributed by atoms with Crippen LogP contribution >= 0.6 is 0 Å². The van der Waals surface area contributed by atoms with Gasteiger partial charge in [-0.25, -0.2) is 0 Å². The Morgan fingerprint density at radius 2 is 1.48 bits per heavy atom. The molecule has 1 saturated heterocycles. The lowest BCUT2D eigenvalue weighted by atomic mass is 10.0. The van der Waals surface area contributed by atoms with Gasteiger partial charge in [0.1, 0.15) is 0 Å². The van der Waals surface area contributed by atoms with Crippen molar-refractivity contribution in [3.05, 3.63) is 120 Å². The number of rotatable bonds is 10. The topological polar surface area (TPSA) is 62.8 Å². The zero-order chi connectivity index (χ0) is 27.1. The van der Waals surface area contributed by atoms with Crippen LogP contribution in [0.3, 0.4) is 0 Å². The molecule has 6 rings (SSSR count). The lowest BCUT2D eigenvalue weighted by molar-refractivity contribution is -0.125. The summed E-state index contributed by atoms with van der Waals surface area (Å²) in [4.78, 5) is 15.7. The molecule has 6 heteroatoms. The molecule has 1 fully saturated rings. The molecule has 1 amide bonds. The zero-order valence-electron chi connectivity index (χ0n) is 22.6. The van der Waals surface area contributed by atoms with E-state index >= 15 is 0 Å². The predicted molar refractivity (Wildman–Crippen MR) is 157 cm³/mol. The van der Waals surface area contributed by atoms with Crippen molar-refractivity contribution in [1.29, 1.82) is 0 Å². The van der Waals surface area contributed by atoms with E-state index in [1.54, 1.807) is 0 Å². The molecule has 0 spiro atoms. The fourth-order valence-electron chi connectivity index (χ4n) is 5.57. The lowest BCUT2D eigenvalue weighted by Crippen LogP contribution is -2.43. The number of ether oxygens (including phenoxy) is 2. The smallest absolute Gasteiger partial charge is 0.237 e. The fourth-order valence-corrected chi connectivity index (χ4v) is 5.57. The average molecular weight is 534 g/mol. The second-order valence-corrected chi connectivity index (χ2v) is 10.5. The average Bonchev–Trinajstić information content (AvgIpc) is 3.64. The van der Waals surface area contributed by atoms with Crippen LogP contribution in [-0.2, 0) is 24.3 Å². The first-order valence-corrected chi connectivity index (χ1v) is 14.0. The summed E-state index contributed by atoms with van der Waals surface area (Å²) in [5.74, 6) is 1.64. The van der Waals surface area contributed by atoms with E-state index < -0.39 is 0 Å². The Bertz CT molecular complexity index is 1410. The molecule has 40 heavy (non-hydrogen) atoms. The number of carbonyl (C=O) groups excluding carboxylic acids is 1. The van der Waals surface area contributed by atoms with Crippen LogP contribution in [0.5, 0.6) is 11.5 Å². The van der Waals surface area contributed by atoms with Gasteiger partial charge in [-0.2, -0.15) is 0 Å². The molecular formula is C34H35N3O3. The Labute approximate surface area is 235 Å². The third kappa shape index (κ3) is 6.36. The van der Waals surface area contributed by atoms with Crippen molar-refractivity contribution in [3.8, 4) is 22.6 Å². The van der Waals surface area contributed by atoms with Crippen molar-refractivity contribution in [2.75, 3.05) is 19.9 Å². The van der Waals surface area contributed by atoms with Gasteiger partial charge < -0.3 is 20.1 Å². The molecule has 2 heterocycles. The Morgan fingerprint density at radius 1 is 0.775 bits per heavy atom. The number of nitrogens with one attached hydrogen (secondary N) is 2. The maximum atomic E-state index is 13.4. The van der Waals surface area contributed by atoms with Crippen molar-refractivity contribution < 1.29 is 14.3 Å². The second kappa shape index (κ2) is 12.4. The van der Waals surface area contributed by atoms with Gasteiger partial charge in [0, 0.05) is 32.2 Å². The van der Waals surface area contributed by atoms with Gasteiger partial charge in [0.15, 0.2) is 11.5 Å². The monoisotopic (exact) mass is 533 g/mol. The summed E-state index contributed by atoms with van der Waals surface area (Å²) in [7, 11) is 0. The van der Waals surface area contributed by atoms with E-state index in [0.29, 0.717) is 6.54 Å². The van der Waals surface area contributed by atoms with E-state index in [0.717, 1.165) is 49.5 Å². The number of fused-ring (bicyclic) bond motifs is 1. The molecule has 2 aliphatic heterocycles. The van der Waals surface area contributed by atoms with Gasteiger partial charge in [0.05, 0.1) is 6.04 Å². The van der Waals surface area contributed by atoms with E-state index in [1.807, 2.05) is 30.3 Å². The SMILES string of the molecule is O=C(NCCc1ccc2c(c1)OCO2)[C@@H]1C[C@@H](NCc2ccc(-c3ccccc3)cc2)CN1Cc1ccccc1. The van der Waals surface area contributed by atoms with Crippen LogP contribution in [0.1, 0.15) is 23.1 Å².